The number of aliphatic carboxylic acids is 1. The highest BCUT2D eigenvalue weighted by molar-refractivity contribution is 5.82. The van der Waals surface area contributed by atoms with E-state index in [9.17, 15) is 9.59 Å². The van der Waals surface area contributed by atoms with Crippen LogP contribution in [0.25, 0.3) is 16.7 Å². The molecular formula is C34H34N4O5. The Morgan fingerprint density at radius 3 is 2.16 bits per heavy atom. The number of fused-ring (bicyclic) bond motifs is 1. The number of piperidine rings is 1. The number of aromatic nitrogens is 3. The van der Waals surface area contributed by atoms with E-state index in [-0.39, 0.29) is 24.6 Å². The number of imidazole rings is 1. The van der Waals surface area contributed by atoms with Crippen LogP contribution in [0.5, 0.6) is 11.8 Å². The van der Waals surface area contributed by atoms with Crippen molar-refractivity contribution in [1.82, 2.24) is 14.1 Å². The number of hydrogen-bond donors (Lipinski definition) is 1. The van der Waals surface area contributed by atoms with Crippen molar-refractivity contribution >= 4 is 22.7 Å². The second kappa shape index (κ2) is 12.4. The molecule has 9 heteroatoms. The van der Waals surface area contributed by atoms with Crippen molar-refractivity contribution in [3.8, 4) is 17.4 Å². The maximum Gasteiger partial charge on any atom is 0.333 e. The van der Waals surface area contributed by atoms with Gasteiger partial charge < -0.3 is 19.5 Å². The molecule has 43 heavy (non-hydrogen) atoms. The zero-order chi connectivity index (χ0) is 29.8. The molecule has 1 saturated heterocycles. The van der Waals surface area contributed by atoms with Crippen molar-refractivity contribution < 1.29 is 19.4 Å². The van der Waals surface area contributed by atoms with Gasteiger partial charge in [0.1, 0.15) is 18.9 Å². The van der Waals surface area contributed by atoms with E-state index in [0.29, 0.717) is 24.1 Å². The fraction of sp³-hybridized carbons (Fsp3) is 0.265. The topological polar surface area (TPSA) is 98.8 Å². The minimum absolute atomic E-state index is 0.198. The number of pyridine rings is 1. The molecule has 0 bridgehead atoms. The summed E-state index contributed by atoms with van der Waals surface area (Å²) in [4.78, 5) is 31.8. The van der Waals surface area contributed by atoms with Gasteiger partial charge in [-0.15, -0.1) is 0 Å². The number of aryl methyl sites for hydroxylation is 1. The van der Waals surface area contributed by atoms with Crippen molar-refractivity contribution in [1.29, 1.82) is 0 Å². The summed E-state index contributed by atoms with van der Waals surface area (Å²) in [5.41, 5.74) is 4.85. The highest BCUT2D eigenvalue weighted by Gasteiger charge is 2.23. The minimum Gasteiger partial charge on any atom is -0.481 e. The van der Waals surface area contributed by atoms with Crippen LogP contribution in [0.2, 0.25) is 0 Å². The Balaban J connectivity index is 1.32. The van der Waals surface area contributed by atoms with E-state index in [2.05, 4.69) is 4.90 Å². The number of carbonyl (C=O) groups is 1. The van der Waals surface area contributed by atoms with Gasteiger partial charge in [-0.1, -0.05) is 60.7 Å². The van der Waals surface area contributed by atoms with Crippen LogP contribution in [0, 0.1) is 5.92 Å². The molecule has 3 aromatic carbocycles. The van der Waals surface area contributed by atoms with Crippen LogP contribution >= 0.6 is 0 Å². The van der Waals surface area contributed by atoms with E-state index >= 15 is 0 Å². The molecule has 1 aliphatic heterocycles. The van der Waals surface area contributed by atoms with Gasteiger partial charge in [-0.3, -0.25) is 13.9 Å². The Morgan fingerprint density at radius 1 is 0.860 bits per heavy atom. The quantitative estimate of drug-likeness (QED) is 0.231. The molecule has 9 nitrogen and oxygen atoms in total. The summed E-state index contributed by atoms with van der Waals surface area (Å²) in [5, 5.41) is 9.15. The van der Waals surface area contributed by atoms with Crippen LogP contribution < -0.4 is 20.1 Å². The highest BCUT2D eigenvalue weighted by Crippen LogP contribution is 2.31. The number of carboxylic acids is 1. The SMILES string of the molecule is Cn1c(=O)n(-c2ccc(OCc3ccccc3)nc2OCc2ccccc2)c2ccc(N3CCC(CC(=O)O)CC3)cc21. The maximum absolute atomic E-state index is 13.7. The molecular weight excluding hydrogens is 544 g/mol. The normalized spacial score (nSPS) is 13.7. The summed E-state index contributed by atoms with van der Waals surface area (Å²) in [6.45, 7) is 2.20. The molecule has 3 heterocycles. The van der Waals surface area contributed by atoms with Crippen LogP contribution in [-0.2, 0) is 25.1 Å². The Bertz CT molecular complexity index is 1770. The van der Waals surface area contributed by atoms with Crippen molar-refractivity contribution in [3.05, 3.63) is 113 Å². The van der Waals surface area contributed by atoms with Gasteiger partial charge in [-0.05, 0) is 54.2 Å². The zero-order valence-corrected chi connectivity index (χ0v) is 24.1. The molecule has 2 aromatic heterocycles. The van der Waals surface area contributed by atoms with Gasteiger partial charge in [0.2, 0.25) is 11.8 Å². The molecule has 0 radical (unpaired) electrons. The van der Waals surface area contributed by atoms with Gasteiger partial charge in [0.05, 0.1) is 11.0 Å². The van der Waals surface area contributed by atoms with E-state index in [1.165, 1.54) is 0 Å². The summed E-state index contributed by atoms with van der Waals surface area (Å²) < 4.78 is 15.5. The molecule has 0 amide bonds. The Kier molecular flexibility index (Phi) is 8.13. The molecule has 1 fully saturated rings. The zero-order valence-electron chi connectivity index (χ0n) is 24.1. The van der Waals surface area contributed by atoms with Gasteiger partial charge >= 0.3 is 11.7 Å². The van der Waals surface area contributed by atoms with Gasteiger partial charge in [0.15, 0.2) is 0 Å². The van der Waals surface area contributed by atoms with Crippen LogP contribution in [0.15, 0.2) is 95.8 Å². The maximum atomic E-state index is 13.7. The Morgan fingerprint density at radius 2 is 1.51 bits per heavy atom. The van der Waals surface area contributed by atoms with Gasteiger partial charge in [0, 0.05) is 38.3 Å². The fourth-order valence-corrected chi connectivity index (χ4v) is 5.63. The van der Waals surface area contributed by atoms with Gasteiger partial charge in [0.25, 0.3) is 0 Å². The third kappa shape index (κ3) is 6.25. The highest BCUT2D eigenvalue weighted by atomic mass is 16.5. The number of nitrogens with zero attached hydrogens (tertiary/aromatic N) is 4. The van der Waals surface area contributed by atoms with E-state index in [1.807, 2.05) is 84.9 Å². The lowest BCUT2D eigenvalue weighted by Gasteiger charge is -2.33. The first-order valence-corrected chi connectivity index (χ1v) is 14.5. The van der Waals surface area contributed by atoms with Crippen LogP contribution in [0.1, 0.15) is 30.4 Å². The molecule has 6 rings (SSSR count). The van der Waals surface area contributed by atoms with E-state index in [1.54, 1.807) is 22.2 Å². The summed E-state index contributed by atoms with van der Waals surface area (Å²) in [6.07, 6.45) is 1.87. The monoisotopic (exact) mass is 578 g/mol. The third-order valence-corrected chi connectivity index (χ3v) is 7.99. The number of rotatable bonds is 10. The first-order chi connectivity index (χ1) is 21.0. The molecule has 1 aliphatic rings. The molecule has 5 aromatic rings. The second-order valence-corrected chi connectivity index (χ2v) is 10.9. The molecule has 220 valence electrons. The molecule has 0 unspecified atom stereocenters. The van der Waals surface area contributed by atoms with Gasteiger partial charge in [-0.2, -0.15) is 4.98 Å². The van der Waals surface area contributed by atoms with Crippen LogP contribution in [0.3, 0.4) is 0 Å². The van der Waals surface area contributed by atoms with Crippen LogP contribution in [0.4, 0.5) is 5.69 Å². The van der Waals surface area contributed by atoms with E-state index in [0.717, 1.165) is 53.8 Å². The molecule has 0 saturated carbocycles. The van der Waals surface area contributed by atoms with Crippen molar-refractivity contribution in [3.63, 3.8) is 0 Å². The number of carboxylic acid groups (broad SMARTS) is 1. The predicted molar refractivity (Wildman–Crippen MR) is 165 cm³/mol. The fourth-order valence-electron chi connectivity index (χ4n) is 5.63. The Labute approximate surface area is 249 Å². The second-order valence-electron chi connectivity index (χ2n) is 10.9. The van der Waals surface area contributed by atoms with Crippen LogP contribution in [-0.4, -0.2) is 38.3 Å². The summed E-state index contributed by atoms with van der Waals surface area (Å²) >= 11 is 0. The van der Waals surface area contributed by atoms with E-state index < -0.39 is 5.97 Å². The lowest BCUT2D eigenvalue weighted by Crippen LogP contribution is -2.34. The number of benzene rings is 3. The van der Waals surface area contributed by atoms with Crippen molar-refractivity contribution in [2.75, 3.05) is 18.0 Å². The lowest BCUT2D eigenvalue weighted by atomic mass is 9.93. The molecule has 0 atom stereocenters. The standard InChI is InChI=1S/C34H34N4O5/c1-36-30-21-27(37-18-16-24(17-19-37)20-32(39)40)12-13-28(30)38(34(36)41)29-14-15-31(42-22-25-8-4-2-5-9-25)35-33(29)43-23-26-10-6-3-7-11-26/h2-15,21,24H,16-20,22-23H2,1H3,(H,39,40). The average Bonchev–Trinajstić information content (AvgIpc) is 3.28. The van der Waals surface area contributed by atoms with Crippen molar-refractivity contribution in [2.24, 2.45) is 13.0 Å². The first kappa shape index (κ1) is 28.1. The summed E-state index contributed by atoms with van der Waals surface area (Å²) in [5.74, 6) is 0.157. The molecule has 0 aliphatic carbocycles. The third-order valence-electron chi connectivity index (χ3n) is 7.99. The predicted octanol–water partition coefficient (Wildman–Crippen LogP) is 5.57. The van der Waals surface area contributed by atoms with Crippen molar-refractivity contribution in [2.45, 2.75) is 32.5 Å². The first-order valence-electron chi connectivity index (χ1n) is 14.5. The smallest absolute Gasteiger partial charge is 0.333 e. The minimum atomic E-state index is -0.742. The molecule has 1 N–H and O–H groups in total. The van der Waals surface area contributed by atoms with Gasteiger partial charge in [-0.25, -0.2) is 4.79 Å². The summed E-state index contributed by atoms with van der Waals surface area (Å²) in [6, 6.07) is 29.2. The van der Waals surface area contributed by atoms with E-state index in [4.69, 9.17) is 19.6 Å². The number of hydrogen-bond acceptors (Lipinski definition) is 6. The number of anilines is 1. The molecule has 0 spiro atoms. The Hall–Kier alpha value is -5.05. The number of ether oxygens (including phenoxy) is 2. The lowest BCUT2D eigenvalue weighted by molar-refractivity contribution is -0.138. The largest absolute Gasteiger partial charge is 0.481 e. The average molecular weight is 579 g/mol. The summed E-state index contributed by atoms with van der Waals surface area (Å²) in [7, 11) is 1.76.